The number of rotatable bonds is 5. The minimum Gasteiger partial charge on any atom is -0.349 e. The Morgan fingerprint density at radius 1 is 1.47 bits per heavy atom. The minimum absolute atomic E-state index is 0. The first-order chi connectivity index (χ1) is 8.63. The molecular weight excluding hydrogens is 303 g/mol. The Kier molecular flexibility index (Phi) is 6.60. The molecule has 1 amide bonds. The summed E-state index contributed by atoms with van der Waals surface area (Å²) in [5.74, 6) is 0.104. The predicted octanol–water partition coefficient (Wildman–Crippen LogP) is 3.14. The minimum atomic E-state index is -0.135. The molecule has 0 aliphatic heterocycles. The number of carbonyl (C=O) groups excluding carboxylic acids is 1. The van der Waals surface area contributed by atoms with Crippen LogP contribution in [0.4, 0.5) is 0 Å². The Hall–Kier alpha value is -0.290. The number of aryl methyl sites for hydroxylation is 1. The predicted molar refractivity (Wildman–Crippen MR) is 83.3 cm³/mol. The average molecular weight is 323 g/mol. The van der Waals surface area contributed by atoms with Gasteiger partial charge in [-0.3, -0.25) is 4.79 Å². The summed E-state index contributed by atoms with van der Waals surface area (Å²) in [6, 6.07) is 1.92. The third kappa shape index (κ3) is 4.63. The fraction of sp³-hybridized carbons (Fsp3) is 0.615. The van der Waals surface area contributed by atoms with E-state index in [2.05, 4.69) is 5.32 Å². The first kappa shape index (κ1) is 16.8. The molecule has 1 aromatic heterocycles. The van der Waals surface area contributed by atoms with Crippen LogP contribution in [0.25, 0.3) is 0 Å². The molecule has 1 aliphatic rings. The first-order valence-corrected chi connectivity index (χ1v) is 7.63. The summed E-state index contributed by atoms with van der Waals surface area (Å²) in [5.41, 5.74) is 5.66. The van der Waals surface area contributed by atoms with E-state index in [0.29, 0.717) is 13.0 Å². The van der Waals surface area contributed by atoms with Crippen molar-refractivity contribution in [3.63, 3.8) is 0 Å². The van der Waals surface area contributed by atoms with Gasteiger partial charge in [0, 0.05) is 23.2 Å². The standard InChI is InChI=1S/C13H19ClN2OS.ClH/c14-10-7-11(18-8-10)3-4-12(17)16-13(9-15)5-1-2-6-13;/h7-8H,1-6,9,15H2,(H,16,17);1H. The Morgan fingerprint density at radius 2 is 2.16 bits per heavy atom. The van der Waals surface area contributed by atoms with Crippen molar-refractivity contribution in [2.24, 2.45) is 5.73 Å². The molecule has 0 spiro atoms. The van der Waals surface area contributed by atoms with Gasteiger partial charge >= 0.3 is 0 Å². The zero-order valence-corrected chi connectivity index (χ0v) is 13.2. The molecule has 3 N–H and O–H groups in total. The van der Waals surface area contributed by atoms with Gasteiger partial charge in [0.25, 0.3) is 0 Å². The van der Waals surface area contributed by atoms with Gasteiger partial charge in [0.15, 0.2) is 0 Å². The normalized spacial score (nSPS) is 16.9. The number of halogens is 2. The molecule has 6 heteroatoms. The van der Waals surface area contributed by atoms with Crippen molar-refractivity contribution in [3.05, 3.63) is 21.3 Å². The van der Waals surface area contributed by atoms with E-state index >= 15 is 0 Å². The SMILES string of the molecule is Cl.NCC1(NC(=O)CCc2cc(Cl)cs2)CCCC1. The maximum Gasteiger partial charge on any atom is 0.220 e. The van der Waals surface area contributed by atoms with E-state index in [-0.39, 0.29) is 23.9 Å². The molecule has 3 nitrogen and oxygen atoms in total. The van der Waals surface area contributed by atoms with Crippen LogP contribution in [0.3, 0.4) is 0 Å². The quantitative estimate of drug-likeness (QED) is 0.874. The summed E-state index contributed by atoms with van der Waals surface area (Å²) < 4.78 is 0. The Morgan fingerprint density at radius 3 is 2.68 bits per heavy atom. The van der Waals surface area contributed by atoms with Crippen LogP contribution < -0.4 is 11.1 Å². The van der Waals surface area contributed by atoms with E-state index < -0.39 is 0 Å². The molecule has 0 saturated heterocycles. The summed E-state index contributed by atoms with van der Waals surface area (Å²) >= 11 is 7.45. The molecule has 1 aromatic rings. The largest absolute Gasteiger partial charge is 0.349 e. The molecule has 0 aromatic carbocycles. The highest BCUT2D eigenvalue weighted by Crippen LogP contribution is 2.28. The topological polar surface area (TPSA) is 55.1 Å². The average Bonchev–Trinajstić information content (AvgIpc) is 2.97. The molecule has 1 fully saturated rings. The zero-order chi connectivity index (χ0) is 13.0. The lowest BCUT2D eigenvalue weighted by molar-refractivity contribution is -0.122. The first-order valence-electron chi connectivity index (χ1n) is 6.37. The molecule has 1 aliphatic carbocycles. The summed E-state index contributed by atoms with van der Waals surface area (Å²) in [4.78, 5) is 13.1. The Labute approximate surface area is 129 Å². The lowest BCUT2D eigenvalue weighted by atomic mass is 9.97. The molecule has 0 bridgehead atoms. The number of hydrogen-bond acceptors (Lipinski definition) is 3. The fourth-order valence-electron chi connectivity index (χ4n) is 2.51. The van der Waals surface area contributed by atoms with E-state index in [4.69, 9.17) is 17.3 Å². The summed E-state index contributed by atoms with van der Waals surface area (Å²) in [6.07, 6.45) is 5.62. The van der Waals surface area contributed by atoms with Gasteiger partial charge < -0.3 is 11.1 Å². The maximum atomic E-state index is 11.9. The van der Waals surface area contributed by atoms with Gasteiger partial charge in [0.1, 0.15) is 0 Å². The monoisotopic (exact) mass is 322 g/mol. The van der Waals surface area contributed by atoms with Crippen LogP contribution in [0.5, 0.6) is 0 Å². The number of carbonyl (C=O) groups is 1. The van der Waals surface area contributed by atoms with Crippen LogP contribution in [-0.4, -0.2) is 18.0 Å². The number of hydrogen-bond donors (Lipinski definition) is 2. The molecular formula is C13H20Cl2N2OS. The molecule has 0 radical (unpaired) electrons. The van der Waals surface area contributed by atoms with Crippen LogP contribution >= 0.6 is 35.3 Å². The number of amides is 1. The van der Waals surface area contributed by atoms with Crippen molar-refractivity contribution in [1.82, 2.24) is 5.32 Å². The Bertz CT molecular complexity index is 417. The Balaban J connectivity index is 0.00000180. The fourth-order valence-corrected chi connectivity index (χ4v) is 3.59. The number of thiophene rings is 1. The molecule has 0 unspecified atom stereocenters. The third-order valence-corrected chi connectivity index (χ3v) is 4.92. The second kappa shape index (κ2) is 7.48. The van der Waals surface area contributed by atoms with Gasteiger partial charge in [-0.2, -0.15) is 0 Å². The summed E-state index contributed by atoms with van der Waals surface area (Å²) in [7, 11) is 0. The smallest absolute Gasteiger partial charge is 0.220 e. The number of nitrogens with one attached hydrogen (secondary N) is 1. The van der Waals surface area contributed by atoms with Crippen LogP contribution in [0.1, 0.15) is 37.0 Å². The summed E-state index contributed by atoms with van der Waals surface area (Å²) in [5, 5.41) is 5.78. The highest BCUT2D eigenvalue weighted by Gasteiger charge is 2.33. The van der Waals surface area contributed by atoms with Gasteiger partial charge in [-0.1, -0.05) is 24.4 Å². The van der Waals surface area contributed by atoms with Crippen molar-refractivity contribution in [2.75, 3.05) is 6.54 Å². The van der Waals surface area contributed by atoms with Crippen molar-refractivity contribution in [3.8, 4) is 0 Å². The van der Waals surface area contributed by atoms with Crippen molar-refractivity contribution < 1.29 is 4.79 Å². The van der Waals surface area contributed by atoms with E-state index in [1.165, 1.54) is 0 Å². The number of nitrogens with two attached hydrogens (primary N) is 1. The van der Waals surface area contributed by atoms with Crippen molar-refractivity contribution >= 4 is 41.3 Å². The highest BCUT2D eigenvalue weighted by atomic mass is 35.5. The second-order valence-electron chi connectivity index (χ2n) is 4.97. The van der Waals surface area contributed by atoms with Gasteiger partial charge in [-0.05, 0) is 25.3 Å². The molecule has 108 valence electrons. The third-order valence-electron chi connectivity index (χ3n) is 3.58. The second-order valence-corrected chi connectivity index (χ2v) is 6.40. The molecule has 0 atom stereocenters. The molecule has 2 rings (SSSR count). The van der Waals surface area contributed by atoms with E-state index in [9.17, 15) is 4.79 Å². The van der Waals surface area contributed by atoms with Gasteiger partial charge in [-0.15, -0.1) is 23.7 Å². The summed E-state index contributed by atoms with van der Waals surface area (Å²) in [6.45, 7) is 0.545. The van der Waals surface area contributed by atoms with Gasteiger partial charge in [0.2, 0.25) is 5.91 Å². The maximum absolute atomic E-state index is 11.9. The van der Waals surface area contributed by atoms with Crippen molar-refractivity contribution in [1.29, 1.82) is 0 Å². The van der Waals surface area contributed by atoms with Crippen LogP contribution in [0.2, 0.25) is 5.02 Å². The van der Waals surface area contributed by atoms with Crippen LogP contribution in [0.15, 0.2) is 11.4 Å². The lowest BCUT2D eigenvalue weighted by Crippen LogP contribution is -2.51. The van der Waals surface area contributed by atoms with Crippen molar-refractivity contribution in [2.45, 2.75) is 44.1 Å². The van der Waals surface area contributed by atoms with E-state index in [0.717, 1.165) is 42.0 Å². The highest BCUT2D eigenvalue weighted by molar-refractivity contribution is 7.10. The lowest BCUT2D eigenvalue weighted by Gasteiger charge is -2.28. The molecule has 1 saturated carbocycles. The molecule has 1 heterocycles. The molecule has 19 heavy (non-hydrogen) atoms. The van der Waals surface area contributed by atoms with Gasteiger partial charge in [0.05, 0.1) is 10.6 Å². The van der Waals surface area contributed by atoms with Crippen LogP contribution in [0, 0.1) is 0 Å². The van der Waals surface area contributed by atoms with E-state index in [1.807, 2.05) is 11.4 Å². The zero-order valence-electron chi connectivity index (χ0n) is 10.8. The van der Waals surface area contributed by atoms with Gasteiger partial charge in [-0.25, -0.2) is 0 Å². The van der Waals surface area contributed by atoms with Crippen LogP contribution in [-0.2, 0) is 11.2 Å². The van der Waals surface area contributed by atoms with E-state index in [1.54, 1.807) is 11.3 Å².